The lowest BCUT2D eigenvalue weighted by atomic mass is 10.2. The minimum Gasteiger partial charge on any atom is -0.481 e. The zero-order valence-corrected chi connectivity index (χ0v) is 9.99. The Morgan fingerprint density at radius 3 is 2.25 bits per heavy atom. The zero-order valence-electron chi connectivity index (χ0n) is 8.40. The molecule has 0 radical (unpaired) electrons. The normalized spacial score (nSPS) is 17.2. The first-order chi connectivity index (χ1) is 7.56. The highest BCUT2D eigenvalue weighted by molar-refractivity contribution is 9.10. The van der Waals surface area contributed by atoms with E-state index in [1.165, 1.54) is 0 Å². The molecule has 1 aliphatic carbocycles. The molecule has 0 bridgehead atoms. The number of rotatable bonds is 4. The SMILES string of the molecule is FCCC1(Oc2c(F)cc(Br)cc2F)CC1. The molecule has 0 spiro atoms. The van der Waals surface area contributed by atoms with Crippen LogP contribution in [0.25, 0.3) is 0 Å². The fraction of sp³-hybridized carbons (Fsp3) is 0.455. The molecule has 0 aliphatic heterocycles. The third-order valence-corrected chi connectivity index (χ3v) is 3.10. The van der Waals surface area contributed by atoms with Crippen molar-refractivity contribution >= 4 is 15.9 Å². The molecular formula is C11H10BrF3O. The Morgan fingerprint density at radius 2 is 1.81 bits per heavy atom. The number of alkyl halides is 1. The molecule has 0 unspecified atom stereocenters. The molecule has 1 aromatic rings. The van der Waals surface area contributed by atoms with Crippen LogP contribution in [0.2, 0.25) is 0 Å². The maximum atomic E-state index is 13.4. The lowest BCUT2D eigenvalue weighted by Gasteiger charge is -2.17. The van der Waals surface area contributed by atoms with Crippen LogP contribution in [0.4, 0.5) is 13.2 Å². The van der Waals surface area contributed by atoms with Crippen LogP contribution in [0, 0.1) is 11.6 Å². The van der Waals surface area contributed by atoms with E-state index in [1.807, 2.05) is 0 Å². The van der Waals surface area contributed by atoms with E-state index >= 15 is 0 Å². The third-order valence-electron chi connectivity index (χ3n) is 2.64. The molecule has 2 rings (SSSR count). The average molecular weight is 295 g/mol. The van der Waals surface area contributed by atoms with Crippen molar-refractivity contribution in [1.82, 2.24) is 0 Å². The summed E-state index contributed by atoms with van der Waals surface area (Å²) in [5.74, 6) is -1.94. The first-order valence-electron chi connectivity index (χ1n) is 4.96. The van der Waals surface area contributed by atoms with Crippen LogP contribution in [-0.2, 0) is 0 Å². The predicted molar refractivity (Wildman–Crippen MR) is 57.2 cm³/mol. The van der Waals surface area contributed by atoms with Gasteiger partial charge in [-0.25, -0.2) is 8.78 Å². The second kappa shape index (κ2) is 4.28. The summed E-state index contributed by atoms with van der Waals surface area (Å²) in [4.78, 5) is 0. The van der Waals surface area contributed by atoms with E-state index in [0.29, 0.717) is 17.3 Å². The Morgan fingerprint density at radius 1 is 1.25 bits per heavy atom. The molecule has 16 heavy (non-hydrogen) atoms. The van der Waals surface area contributed by atoms with E-state index in [9.17, 15) is 13.2 Å². The van der Waals surface area contributed by atoms with Crippen LogP contribution in [-0.4, -0.2) is 12.3 Å². The summed E-state index contributed by atoms with van der Waals surface area (Å²) in [5.41, 5.74) is -0.690. The van der Waals surface area contributed by atoms with E-state index in [0.717, 1.165) is 12.1 Å². The fourth-order valence-electron chi connectivity index (χ4n) is 1.56. The molecule has 1 nitrogen and oxygen atoms in total. The fourth-order valence-corrected chi connectivity index (χ4v) is 1.96. The van der Waals surface area contributed by atoms with Crippen molar-refractivity contribution in [1.29, 1.82) is 0 Å². The van der Waals surface area contributed by atoms with E-state index in [4.69, 9.17) is 4.74 Å². The van der Waals surface area contributed by atoms with E-state index in [2.05, 4.69) is 15.9 Å². The number of benzene rings is 1. The first-order valence-corrected chi connectivity index (χ1v) is 5.75. The number of ether oxygens (including phenoxy) is 1. The zero-order chi connectivity index (χ0) is 11.8. The van der Waals surface area contributed by atoms with Crippen LogP contribution in [0.5, 0.6) is 5.75 Å². The number of hydrogen-bond acceptors (Lipinski definition) is 1. The molecule has 1 aliphatic rings. The van der Waals surface area contributed by atoms with Crippen molar-refractivity contribution < 1.29 is 17.9 Å². The Hall–Kier alpha value is -0.710. The first kappa shape index (κ1) is 11.8. The minimum atomic E-state index is -0.767. The topological polar surface area (TPSA) is 9.23 Å². The highest BCUT2D eigenvalue weighted by Crippen LogP contribution is 2.44. The molecule has 88 valence electrons. The highest BCUT2D eigenvalue weighted by atomic mass is 79.9. The van der Waals surface area contributed by atoms with Crippen molar-refractivity contribution in [2.45, 2.75) is 24.9 Å². The second-order valence-corrected chi connectivity index (χ2v) is 4.84. The van der Waals surface area contributed by atoms with Crippen LogP contribution in [0.15, 0.2) is 16.6 Å². The van der Waals surface area contributed by atoms with Crippen LogP contribution >= 0.6 is 15.9 Å². The number of halogens is 4. The molecule has 0 N–H and O–H groups in total. The summed E-state index contributed by atoms with van der Waals surface area (Å²) in [6.07, 6.45) is 1.47. The molecule has 1 saturated carbocycles. The number of hydrogen-bond donors (Lipinski definition) is 0. The van der Waals surface area contributed by atoms with Crippen molar-refractivity contribution in [3.63, 3.8) is 0 Å². The van der Waals surface area contributed by atoms with Gasteiger partial charge < -0.3 is 4.74 Å². The van der Waals surface area contributed by atoms with Gasteiger partial charge in [-0.3, -0.25) is 4.39 Å². The lowest BCUT2D eigenvalue weighted by molar-refractivity contribution is 0.142. The summed E-state index contributed by atoms with van der Waals surface area (Å²) in [6, 6.07) is 2.26. The van der Waals surface area contributed by atoms with Gasteiger partial charge in [-0.05, 0) is 25.0 Å². The summed E-state index contributed by atoms with van der Waals surface area (Å²) >= 11 is 2.98. The quantitative estimate of drug-likeness (QED) is 0.816. The monoisotopic (exact) mass is 294 g/mol. The van der Waals surface area contributed by atoms with E-state index in [-0.39, 0.29) is 6.42 Å². The maximum Gasteiger partial charge on any atom is 0.191 e. The van der Waals surface area contributed by atoms with Gasteiger partial charge in [-0.15, -0.1) is 0 Å². The van der Waals surface area contributed by atoms with Crippen molar-refractivity contribution in [2.24, 2.45) is 0 Å². The largest absolute Gasteiger partial charge is 0.481 e. The molecule has 0 heterocycles. The van der Waals surface area contributed by atoms with Gasteiger partial charge >= 0.3 is 0 Å². The van der Waals surface area contributed by atoms with Gasteiger partial charge in [0.25, 0.3) is 0 Å². The Bertz CT molecular complexity index is 381. The highest BCUT2D eigenvalue weighted by Gasteiger charge is 2.46. The Labute approximate surface area is 99.7 Å². The molecule has 0 saturated heterocycles. The third kappa shape index (κ3) is 2.34. The summed E-state index contributed by atoms with van der Waals surface area (Å²) in [5, 5.41) is 0. The molecule has 1 fully saturated rings. The smallest absolute Gasteiger partial charge is 0.191 e. The van der Waals surface area contributed by atoms with E-state index in [1.54, 1.807) is 0 Å². The molecular weight excluding hydrogens is 285 g/mol. The van der Waals surface area contributed by atoms with Gasteiger partial charge in [0.1, 0.15) is 5.60 Å². The molecule has 5 heteroatoms. The summed E-state index contributed by atoms with van der Waals surface area (Å²) < 4.78 is 44.6. The van der Waals surface area contributed by atoms with E-state index < -0.39 is 29.7 Å². The van der Waals surface area contributed by atoms with Crippen molar-refractivity contribution in [2.75, 3.05) is 6.67 Å². The van der Waals surface area contributed by atoms with Crippen LogP contribution in [0.1, 0.15) is 19.3 Å². The van der Waals surface area contributed by atoms with Crippen molar-refractivity contribution in [3.05, 3.63) is 28.2 Å². The molecule has 1 aromatic carbocycles. The maximum absolute atomic E-state index is 13.4. The average Bonchev–Trinajstić information content (AvgIpc) is 2.93. The summed E-state index contributed by atoms with van der Waals surface area (Å²) in [7, 11) is 0. The van der Waals surface area contributed by atoms with Crippen LogP contribution < -0.4 is 4.74 Å². The minimum absolute atomic E-state index is 0.182. The molecule has 0 amide bonds. The standard InChI is InChI=1S/C11H10BrF3O/c12-7-5-8(14)10(9(15)6-7)16-11(1-2-11)3-4-13/h5-6H,1-4H2. The molecule has 0 atom stereocenters. The van der Waals surface area contributed by atoms with Crippen LogP contribution in [0.3, 0.4) is 0 Å². The van der Waals surface area contributed by atoms with Gasteiger partial charge in [-0.2, -0.15) is 0 Å². The summed E-state index contributed by atoms with van der Waals surface area (Å²) in [6.45, 7) is -0.542. The molecule has 0 aromatic heterocycles. The Balaban J connectivity index is 2.21. The lowest BCUT2D eigenvalue weighted by Crippen LogP contribution is -2.20. The van der Waals surface area contributed by atoms with Gasteiger partial charge in [0.05, 0.1) is 6.67 Å². The van der Waals surface area contributed by atoms with Gasteiger partial charge in [0, 0.05) is 10.9 Å². The van der Waals surface area contributed by atoms with Crippen molar-refractivity contribution in [3.8, 4) is 5.75 Å². The predicted octanol–water partition coefficient (Wildman–Crippen LogP) is 4.00. The van der Waals surface area contributed by atoms with Gasteiger partial charge in [0.15, 0.2) is 17.4 Å². The second-order valence-electron chi connectivity index (χ2n) is 3.92. The Kier molecular flexibility index (Phi) is 3.15. The van der Waals surface area contributed by atoms with Gasteiger partial charge in [0.2, 0.25) is 0 Å². The van der Waals surface area contributed by atoms with Gasteiger partial charge in [-0.1, -0.05) is 15.9 Å².